The van der Waals surface area contributed by atoms with Crippen LogP contribution in [0.3, 0.4) is 0 Å². The van der Waals surface area contributed by atoms with Crippen LogP contribution in [0.15, 0.2) is 60.2 Å². The molecule has 1 aliphatic heterocycles. The predicted molar refractivity (Wildman–Crippen MR) is 83.0 cm³/mol. The van der Waals surface area contributed by atoms with Gasteiger partial charge in [-0.2, -0.15) is 0 Å². The van der Waals surface area contributed by atoms with E-state index in [9.17, 15) is 9.59 Å². The monoisotopic (exact) mass is 297 g/mol. The second-order valence-corrected chi connectivity index (χ2v) is 5.14. The highest BCUT2D eigenvalue weighted by Gasteiger charge is 2.34. The molecule has 3 nitrogen and oxygen atoms in total. The van der Waals surface area contributed by atoms with Gasteiger partial charge >= 0.3 is 0 Å². The molecule has 2 amide bonds. The van der Waals surface area contributed by atoms with E-state index in [1.807, 2.05) is 24.3 Å². The van der Waals surface area contributed by atoms with Crippen LogP contribution >= 0.6 is 11.6 Å². The van der Waals surface area contributed by atoms with E-state index in [-0.39, 0.29) is 18.2 Å². The van der Waals surface area contributed by atoms with Gasteiger partial charge in [-0.05, 0) is 29.8 Å². The lowest BCUT2D eigenvalue weighted by Crippen LogP contribution is -2.28. The van der Waals surface area contributed by atoms with E-state index in [1.165, 1.54) is 4.90 Å². The number of rotatable bonds is 2. The number of amides is 2. The summed E-state index contributed by atoms with van der Waals surface area (Å²) in [5.41, 5.74) is 1.79. The third kappa shape index (κ3) is 2.60. The van der Waals surface area contributed by atoms with E-state index in [2.05, 4.69) is 0 Å². The first-order valence-electron chi connectivity index (χ1n) is 6.54. The summed E-state index contributed by atoms with van der Waals surface area (Å²) in [6, 6.07) is 16.2. The molecule has 4 heteroatoms. The van der Waals surface area contributed by atoms with Gasteiger partial charge in [0, 0.05) is 10.6 Å². The Bertz CT molecular complexity index is 737. The molecule has 0 spiro atoms. The first-order chi connectivity index (χ1) is 10.2. The molecule has 0 aliphatic carbocycles. The average Bonchev–Trinajstić information content (AvgIpc) is 2.77. The topological polar surface area (TPSA) is 37.4 Å². The van der Waals surface area contributed by atoms with Crippen LogP contribution in [-0.2, 0) is 9.59 Å². The van der Waals surface area contributed by atoms with Gasteiger partial charge in [0.1, 0.15) is 0 Å². The van der Waals surface area contributed by atoms with Crippen molar-refractivity contribution in [1.82, 2.24) is 0 Å². The van der Waals surface area contributed by atoms with Gasteiger partial charge in [-0.1, -0.05) is 48.0 Å². The number of carbonyl (C=O) groups is 2. The highest BCUT2D eigenvalue weighted by Crippen LogP contribution is 2.28. The van der Waals surface area contributed by atoms with Crippen molar-refractivity contribution < 1.29 is 9.59 Å². The van der Waals surface area contributed by atoms with Crippen molar-refractivity contribution in [3.05, 3.63) is 70.8 Å². The summed E-state index contributed by atoms with van der Waals surface area (Å²) in [7, 11) is 0. The molecule has 2 aromatic carbocycles. The summed E-state index contributed by atoms with van der Waals surface area (Å²) in [5, 5.41) is 0.559. The van der Waals surface area contributed by atoms with E-state index in [0.717, 1.165) is 5.56 Å². The Kier molecular flexibility index (Phi) is 3.59. The highest BCUT2D eigenvalue weighted by atomic mass is 35.5. The largest absolute Gasteiger partial charge is 0.274 e. The van der Waals surface area contributed by atoms with Crippen LogP contribution in [0.4, 0.5) is 5.69 Å². The van der Waals surface area contributed by atoms with E-state index < -0.39 is 0 Å². The smallest absolute Gasteiger partial charge is 0.261 e. The molecule has 1 fully saturated rings. The normalized spacial score (nSPS) is 16.8. The molecule has 0 atom stereocenters. The second kappa shape index (κ2) is 5.54. The Balaban J connectivity index is 1.96. The Morgan fingerprint density at radius 1 is 0.952 bits per heavy atom. The van der Waals surface area contributed by atoms with Crippen molar-refractivity contribution in [3.8, 4) is 0 Å². The third-order valence-electron chi connectivity index (χ3n) is 3.32. The van der Waals surface area contributed by atoms with Crippen LogP contribution in [0, 0.1) is 0 Å². The number of hydrogen-bond acceptors (Lipinski definition) is 2. The van der Waals surface area contributed by atoms with E-state index in [1.54, 1.807) is 36.4 Å². The zero-order chi connectivity index (χ0) is 14.8. The molecule has 1 aliphatic rings. The fourth-order valence-corrected chi connectivity index (χ4v) is 2.50. The van der Waals surface area contributed by atoms with Gasteiger partial charge in [0.05, 0.1) is 12.1 Å². The number of para-hydroxylation sites is 1. The number of hydrogen-bond donors (Lipinski definition) is 0. The summed E-state index contributed by atoms with van der Waals surface area (Å²) < 4.78 is 0. The maximum Gasteiger partial charge on any atom is 0.261 e. The van der Waals surface area contributed by atoms with Gasteiger partial charge in [0.2, 0.25) is 5.91 Å². The summed E-state index contributed by atoms with van der Waals surface area (Å²) in [6.45, 7) is 0. The second-order valence-electron chi connectivity index (χ2n) is 4.74. The SMILES string of the molecule is O=C1C/C(=C\c2ccccc2Cl)C(=O)N1c1ccccc1. The fourth-order valence-electron chi connectivity index (χ4n) is 2.31. The Morgan fingerprint density at radius 2 is 1.62 bits per heavy atom. The number of halogens is 1. The number of nitrogens with zero attached hydrogens (tertiary/aromatic N) is 1. The lowest BCUT2D eigenvalue weighted by atomic mass is 10.1. The van der Waals surface area contributed by atoms with Crippen molar-refractivity contribution in [2.45, 2.75) is 6.42 Å². The van der Waals surface area contributed by atoms with Crippen molar-refractivity contribution in [2.75, 3.05) is 4.90 Å². The zero-order valence-electron chi connectivity index (χ0n) is 11.1. The van der Waals surface area contributed by atoms with Crippen molar-refractivity contribution >= 4 is 35.2 Å². The molecule has 3 rings (SSSR count). The molecule has 0 bridgehead atoms. The van der Waals surface area contributed by atoms with Crippen LogP contribution in [0.25, 0.3) is 6.08 Å². The molecule has 0 aromatic heterocycles. The number of imide groups is 1. The Labute approximate surface area is 127 Å². The van der Waals surface area contributed by atoms with Crippen molar-refractivity contribution in [3.63, 3.8) is 0 Å². The molecule has 0 radical (unpaired) electrons. The number of anilines is 1. The molecular formula is C17H12ClNO2. The maximum atomic E-state index is 12.4. The first-order valence-corrected chi connectivity index (χ1v) is 6.92. The minimum Gasteiger partial charge on any atom is -0.274 e. The van der Waals surface area contributed by atoms with Gasteiger partial charge in [-0.25, -0.2) is 4.90 Å². The molecule has 1 heterocycles. The summed E-state index contributed by atoms with van der Waals surface area (Å²) >= 11 is 6.09. The lowest BCUT2D eigenvalue weighted by molar-refractivity contribution is -0.120. The quantitative estimate of drug-likeness (QED) is 0.626. The van der Waals surface area contributed by atoms with Gasteiger partial charge in [0.25, 0.3) is 5.91 Å². The van der Waals surface area contributed by atoms with Gasteiger partial charge in [0.15, 0.2) is 0 Å². The van der Waals surface area contributed by atoms with Crippen LogP contribution in [0.2, 0.25) is 5.02 Å². The first kappa shape index (κ1) is 13.6. The molecule has 0 saturated carbocycles. The van der Waals surface area contributed by atoms with E-state index >= 15 is 0 Å². The van der Waals surface area contributed by atoms with Crippen molar-refractivity contribution in [1.29, 1.82) is 0 Å². The maximum absolute atomic E-state index is 12.4. The highest BCUT2D eigenvalue weighted by molar-refractivity contribution is 6.33. The Hall–Kier alpha value is -2.39. The molecule has 104 valence electrons. The van der Waals surface area contributed by atoms with Crippen LogP contribution in [0.1, 0.15) is 12.0 Å². The molecule has 21 heavy (non-hydrogen) atoms. The molecule has 0 unspecified atom stereocenters. The van der Waals surface area contributed by atoms with Crippen LogP contribution in [0.5, 0.6) is 0 Å². The summed E-state index contributed by atoms with van der Waals surface area (Å²) in [5.74, 6) is -0.504. The molecule has 1 saturated heterocycles. The standard InChI is InChI=1S/C17H12ClNO2/c18-15-9-5-4-6-12(15)10-13-11-16(20)19(17(13)21)14-7-2-1-3-8-14/h1-10H,11H2/b13-10+. The van der Waals surface area contributed by atoms with E-state index in [0.29, 0.717) is 16.3 Å². The van der Waals surface area contributed by atoms with Gasteiger partial charge < -0.3 is 0 Å². The zero-order valence-corrected chi connectivity index (χ0v) is 11.9. The fraction of sp³-hybridized carbons (Fsp3) is 0.0588. The number of benzene rings is 2. The summed E-state index contributed by atoms with van der Waals surface area (Å²) in [4.78, 5) is 25.7. The lowest BCUT2D eigenvalue weighted by Gasteiger charge is -2.12. The van der Waals surface area contributed by atoms with Gasteiger partial charge in [-0.3, -0.25) is 9.59 Å². The number of carbonyl (C=O) groups excluding carboxylic acids is 2. The minimum atomic E-state index is -0.286. The Morgan fingerprint density at radius 3 is 2.33 bits per heavy atom. The average molecular weight is 298 g/mol. The van der Waals surface area contributed by atoms with Crippen LogP contribution < -0.4 is 4.90 Å². The van der Waals surface area contributed by atoms with Gasteiger partial charge in [-0.15, -0.1) is 0 Å². The predicted octanol–water partition coefficient (Wildman–Crippen LogP) is 3.69. The summed E-state index contributed by atoms with van der Waals surface area (Å²) in [6.07, 6.45) is 1.78. The molecule has 0 N–H and O–H groups in total. The molecular weight excluding hydrogens is 286 g/mol. The molecule has 2 aromatic rings. The minimum absolute atomic E-state index is 0.0962. The van der Waals surface area contributed by atoms with Crippen LogP contribution in [-0.4, -0.2) is 11.8 Å². The van der Waals surface area contributed by atoms with Crippen molar-refractivity contribution in [2.24, 2.45) is 0 Å². The third-order valence-corrected chi connectivity index (χ3v) is 3.66. The van der Waals surface area contributed by atoms with E-state index in [4.69, 9.17) is 11.6 Å².